The number of carbonyl (C=O) groups excluding carboxylic acids is 1. The molecular formula is C34H42ClFN6O3. The molecule has 11 heteroatoms. The molecule has 0 spiro atoms. The van der Waals surface area contributed by atoms with Crippen molar-refractivity contribution in [3.8, 4) is 6.01 Å². The summed E-state index contributed by atoms with van der Waals surface area (Å²) in [4.78, 5) is 32.0. The number of amides is 1. The number of hydrogen-bond acceptors (Lipinski definition) is 8. The van der Waals surface area contributed by atoms with Crippen LogP contribution in [-0.4, -0.2) is 89.4 Å². The molecule has 3 unspecified atom stereocenters. The summed E-state index contributed by atoms with van der Waals surface area (Å²) in [5, 5.41) is 1.75. The van der Waals surface area contributed by atoms with Crippen LogP contribution < -0.4 is 14.5 Å². The Morgan fingerprint density at radius 1 is 1.04 bits per heavy atom. The Hall–Kier alpha value is -3.37. The van der Waals surface area contributed by atoms with Gasteiger partial charge in [0.15, 0.2) is 0 Å². The SMILES string of the molecule is CN1CCCC1COc1nc2c(c(N3CC4CCC(C3)N4C(=O)OC(C)(C)C)n1)CCN(c1cccc3ccc(F)c(Cl)c13)C2. The van der Waals surface area contributed by atoms with E-state index in [9.17, 15) is 9.18 Å². The number of halogens is 2. The van der Waals surface area contributed by atoms with Crippen LogP contribution in [0.3, 0.4) is 0 Å². The third-order valence-corrected chi connectivity index (χ3v) is 10.1. The first kappa shape index (κ1) is 30.3. The Morgan fingerprint density at radius 2 is 1.82 bits per heavy atom. The van der Waals surface area contributed by atoms with Gasteiger partial charge in [-0.2, -0.15) is 9.97 Å². The molecule has 3 atom stereocenters. The number of likely N-dealkylation sites (tertiary alicyclic amines) is 1. The predicted molar refractivity (Wildman–Crippen MR) is 174 cm³/mol. The minimum Gasteiger partial charge on any atom is -0.462 e. The molecule has 2 aromatic carbocycles. The van der Waals surface area contributed by atoms with Gasteiger partial charge in [-0.1, -0.05) is 29.8 Å². The van der Waals surface area contributed by atoms with Gasteiger partial charge in [-0.3, -0.25) is 4.90 Å². The van der Waals surface area contributed by atoms with Gasteiger partial charge in [0.05, 0.1) is 29.3 Å². The van der Waals surface area contributed by atoms with Crippen molar-refractivity contribution < 1.29 is 18.7 Å². The Balaban J connectivity index is 1.20. The van der Waals surface area contributed by atoms with Gasteiger partial charge >= 0.3 is 12.1 Å². The fourth-order valence-electron chi connectivity index (χ4n) is 7.52. The fourth-order valence-corrected chi connectivity index (χ4v) is 7.79. The summed E-state index contributed by atoms with van der Waals surface area (Å²) >= 11 is 6.53. The van der Waals surface area contributed by atoms with E-state index in [0.29, 0.717) is 50.2 Å². The van der Waals surface area contributed by atoms with Crippen LogP contribution in [0.5, 0.6) is 6.01 Å². The van der Waals surface area contributed by atoms with Gasteiger partial charge in [-0.15, -0.1) is 0 Å². The number of nitrogens with zero attached hydrogens (tertiary/aromatic N) is 6. The quantitative estimate of drug-likeness (QED) is 0.335. The molecule has 240 valence electrons. The van der Waals surface area contributed by atoms with Crippen molar-refractivity contribution >= 4 is 40.0 Å². The molecule has 3 fully saturated rings. The van der Waals surface area contributed by atoms with Crippen molar-refractivity contribution in [2.45, 2.75) is 83.1 Å². The standard InChI is InChI=1S/C34H42ClFN6O3/c1-34(2,3)45-33(43)42-22-11-12-23(42)18-41(17-22)31-25-14-16-40(28-9-5-7-21-10-13-26(36)30(35)29(21)28)19-27(25)37-32(38-31)44-20-24-8-6-15-39(24)4/h5,7,9-10,13,22-24H,6,8,11-12,14-20H2,1-4H3. The number of piperazine rings is 1. The van der Waals surface area contributed by atoms with Crippen LogP contribution in [0.1, 0.15) is 57.7 Å². The zero-order valence-electron chi connectivity index (χ0n) is 26.6. The average molecular weight is 637 g/mol. The van der Waals surface area contributed by atoms with Gasteiger partial charge < -0.3 is 24.2 Å². The van der Waals surface area contributed by atoms with Crippen LogP contribution in [-0.2, 0) is 17.7 Å². The summed E-state index contributed by atoms with van der Waals surface area (Å²) < 4.78 is 26.7. The number of hydrogen-bond donors (Lipinski definition) is 0. The largest absolute Gasteiger partial charge is 0.462 e. The first-order valence-corrected chi connectivity index (χ1v) is 16.5. The number of aromatic nitrogens is 2. The van der Waals surface area contributed by atoms with Gasteiger partial charge in [0.1, 0.15) is 23.8 Å². The molecule has 9 nitrogen and oxygen atoms in total. The highest BCUT2D eigenvalue weighted by molar-refractivity contribution is 6.36. The zero-order chi connectivity index (χ0) is 31.5. The molecular weight excluding hydrogens is 595 g/mol. The summed E-state index contributed by atoms with van der Waals surface area (Å²) in [6.07, 6.45) is 4.63. The third-order valence-electron chi connectivity index (χ3n) is 9.74. The van der Waals surface area contributed by atoms with Crippen molar-refractivity contribution in [2.24, 2.45) is 0 Å². The smallest absolute Gasteiger partial charge is 0.410 e. The van der Waals surface area contributed by atoms with Gasteiger partial charge in [-0.05, 0) is 84.0 Å². The van der Waals surface area contributed by atoms with Crippen molar-refractivity contribution in [1.29, 1.82) is 0 Å². The third kappa shape index (κ3) is 5.87. The minimum atomic E-state index is -0.537. The Kier molecular flexibility index (Phi) is 7.92. The van der Waals surface area contributed by atoms with Gasteiger partial charge in [0.25, 0.3) is 0 Å². The van der Waals surface area contributed by atoms with Crippen molar-refractivity contribution in [3.05, 3.63) is 52.4 Å². The van der Waals surface area contributed by atoms with E-state index in [1.165, 1.54) is 6.07 Å². The molecule has 0 N–H and O–H groups in total. The lowest BCUT2D eigenvalue weighted by atomic mass is 10.0. The van der Waals surface area contributed by atoms with Crippen molar-refractivity contribution in [1.82, 2.24) is 19.8 Å². The van der Waals surface area contributed by atoms with E-state index in [-0.39, 0.29) is 23.2 Å². The first-order valence-electron chi connectivity index (χ1n) is 16.2. The second-order valence-electron chi connectivity index (χ2n) is 13.9. The lowest BCUT2D eigenvalue weighted by molar-refractivity contribution is 0.0122. The summed E-state index contributed by atoms with van der Waals surface area (Å²) in [5.74, 6) is 0.475. The maximum absolute atomic E-state index is 14.6. The van der Waals surface area contributed by atoms with Crippen LogP contribution >= 0.6 is 11.6 Å². The summed E-state index contributed by atoms with van der Waals surface area (Å²) in [6, 6.07) is 9.98. The lowest BCUT2D eigenvalue weighted by Gasteiger charge is -2.43. The number of anilines is 2. The average Bonchev–Trinajstić information content (AvgIpc) is 3.54. The highest BCUT2D eigenvalue weighted by atomic mass is 35.5. The molecule has 7 rings (SSSR count). The molecule has 3 saturated heterocycles. The number of likely N-dealkylation sites (N-methyl/N-ethyl adjacent to an activating group) is 1. The molecule has 0 saturated carbocycles. The predicted octanol–water partition coefficient (Wildman–Crippen LogP) is 6.05. The maximum atomic E-state index is 14.6. The van der Waals surface area contributed by atoms with Gasteiger partial charge in [0, 0.05) is 42.3 Å². The molecule has 0 aliphatic carbocycles. The lowest BCUT2D eigenvalue weighted by Crippen LogP contribution is -2.57. The number of rotatable bonds is 5. The molecule has 3 aromatic rings. The first-order chi connectivity index (χ1) is 21.6. The molecule has 2 bridgehead atoms. The zero-order valence-corrected chi connectivity index (χ0v) is 27.3. The number of carbonyl (C=O) groups is 1. The van der Waals surface area contributed by atoms with E-state index in [4.69, 9.17) is 31.0 Å². The Morgan fingerprint density at radius 3 is 2.53 bits per heavy atom. The minimum absolute atomic E-state index is 0.0635. The number of fused-ring (bicyclic) bond motifs is 4. The molecule has 1 aromatic heterocycles. The van der Waals surface area contributed by atoms with Crippen molar-refractivity contribution in [3.63, 3.8) is 0 Å². The van der Waals surface area contributed by atoms with Crippen LogP contribution in [0.2, 0.25) is 5.02 Å². The van der Waals surface area contributed by atoms with Gasteiger partial charge in [-0.25, -0.2) is 9.18 Å². The van der Waals surface area contributed by atoms with Crippen LogP contribution in [0, 0.1) is 5.82 Å². The highest BCUT2D eigenvalue weighted by Crippen LogP contribution is 2.40. The monoisotopic (exact) mass is 636 g/mol. The van der Waals surface area contributed by atoms with E-state index in [2.05, 4.69) is 21.7 Å². The van der Waals surface area contributed by atoms with E-state index < -0.39 is 11.4 Å². The van der Waals surface area contributed by atoms with E-state index in [1.54, 1.807) is 6.07 Å². The van der Waals surface area contributed by atoms with Crippen LogP contribution in [0.4, 0.5) is 20.7 Å². The molecule has 1 amide bonds. The highest BCUT2D eigenvalue weighted by Gasteiger charge is 2.45. The molecule has 4 aliphatic rings. The topological polar surface area (TPSA) is 74.3 Å². The van der Waals surface area contributed by atoms with Gasteiger partial charge in [0.2, 0.25) is 0 Å². The molecule has 0 radical (unpaired) electrons. The normalized spacial score (nSPS) is 23.5. The second kappa shape index (κ2) is 11.8. The van der Waals surface area contributed by atoms with E-state index in [0.717, 1.165) is 66.8 Å². The number of ether oxygens (including phenoxy) is 2. The van der Waals surface area contributed by atoms with Crippen LogP contribution in [0.25, 0.3) is 10.8 Å². The van der Waals surface area contributed by atoms with E-state index >= 15 is 0 Å². The Bertz CT molecular complexity index is 1600. The molecule has 5 heterocycles. The summed E-state index contributed by atoms with van der Waals surface area (Å²) in [6.45, 7) is 9.95. The summed E-state index contributed by atoms with van der Waals surface area (Å²) in [5.41, 5.74) is 2.37. The van der Waals surface area contributed by atoms with Crippen LogP contribution in [0.15, 0.2) is 30.3 Å². The number of benzene rings is 2. The molecule has 45 heavy (non-hydrogen) atoms. The Labute approximate surface area is 269 Å². The van der Waals surface area contributed by atoms with E-state index in [1.807, 2.05) is 43.9 Å². The molecule has 4 aliphatic heterocycles. The summed E-state index contributed by atoms with van der Waals surface area (Å²) in [7, 11) is 2.14. The van der Waals surface area contributed by atoms with Crippen molar-refractivity contribution in [2.75, 3.05) is 49.6 Å². The fraction of sp³-hybridized carbons (Fsp3) is 0.559. The second-order valence-corrected chi connectivity index (χ2v) is 14.3. The maximum Gasteiger partial charge on any atom is 0.410 e.